The molecular weight excluding hydrogens is 534 g/mol. The van der Waals surface area contributed by atoms with Gasteiger partial charge in [-0.15, -0.1) is 6.58 Å². The zero-order valence-electron chi connectivity index (χ0n) is 23.8. The molecule has 1 saturated carbocycles. The average Bonchev–Trinajstić information content (AvgIpc) is 3.01. The maximum atomic E-state index is 13.2. The molecule has 0 aromatic heterocycles. The van der Waals surface area contributed by atoms with E-state index in [1.165, 1.54) is 5.56 Å². The molecule has 0 amide bonds. The Kier molecular flexibility index (Phi) is 9.68. The molecule has 3 aromatic rings. The summed E-state index contributed by atoms with van der Waals surface area (Å²) < 4.78 is 12.2. The summed E-state index contributed by atoms with van der Waals surface area (Å²) in [6, 6.07) is 21.7. The largest absolute Gasteiger partial charge is 0.487 e. The normalized spacial score (nSPS) is 20.2. The Morgan fingerprint density at radius 1 is 1.12 bits per heavy atom. The monoisotopic (exact) mass is 573 g/mol. The van der Waals surface area contributed by atoms with E-state index in [1.807, 2.05) is 48.5 Å². The number of benzene rings is 3. The summed E-state index contributed by atoms with van der Waals surface area (Å²) in [4.78, 5) is 15.6. The number of halogens is 1. The number of carbonyl (C=O) groups is 1. The van der Waals surface area contributed by atoms with Crippen molar-refractivity contribution in [1.29, 1.82) is 0 Å². The minimum absolute atomic E-state index is 0.0979. The molecule has 0 spiro atoms. The van der Waals surface area contributed by atoms with Gasteiger partial charge < -0.3 is 19.5 Å². The fraction of sp³-hybridized carbons (Fsp3) is 0.400. The minimum Gasteiger partial charge on any atom is -0.487 e. The predicted molar refractivity (Wildman–Crippen MR) is 165 cm³/mol. The second kappa shape index (κ2) is 13.6. The number of aliphatic hydroxyl groups excluding tert-OH is 1. The second-order valence-electron chi connectivity index (χ2n) is 11.4. The van der Waals surface area contributed by atoms with Crippen LogP contribution in [0, 0.1) is 11.8 Å². The number of hydrogen-bond acceptors (Lipinski definition) is 5. The standard InChI is InChI=1S/C35H40ClNO4/c1-3-33(38)31-16-13-28(31)21-37-18-8-7-11-26-19-30(36)15-12-29(26)23-40-34-17-14-27(20-32(34)37)35(39)41-22-24(2)25-9-5-4-6-10-25/h3-6,9-10,12,14-15,17,19-20,24,28,31,33,38H,1,7-8,11,13,16,18,21-23H2,2H3/t24-,28?,31-,33-/m0/s1. The van der Waals surface area contributed by atoms with Crippen LogP contribution >= 0.6 is 11.6 Å². The Hall–Kier alpha value is -3.28. The van der Waals surface area contributed by atoms with E-state index in [0.717, 1.165) is 72.8 Å². The third-order valence-electron chi connectivity index (χ3n) is 8.66. The summed E-state index contributed by atoms with van der Waals surface area (Å²) in [5.41, 5.74) is 4.89. The molecule has 2 aliphatic rings. The Morgan fingerprint density at radius 2 is 1.95 bits per heavy atom. The molecule has 1 N–H and O–H groups in total. The second-order valence-corrected chi connectivity index (χ2v) is 11.9. The lowest BCUT2D eigenvalue weighted by Crippen LogP contribution is -2.43. The van der Waals surface area contributed by atoms with E-state index >= 15 is 0 Å². The molecular formula is C35H40ClNO4. The predicted octanol–water partition coefficient (Wildman–Crippen LogP) is 7.60. The van der Waals surface area contributed by atoms with Crippen LogP contribution in [0.4, 0.5) is 5.69 Å². The zero-order chi connectivity index (χ0) is 28.8. The highest BCUT2D eigenvalue weighted by Gasteiger charge is 2.36. The third kappa shape index (κ3) is 7.14. The first kappa shape index (κ1) is 29.2. The maximum Gasteiger partial charge on any atom is 0.338 e. The van der Waals surface area contributed by atoms with Crippen molar-refractivity contribution in [3.63, 3.8) is 0 Å². The molecule has 0 radical (unpaired) electrons. The van der Waals surface area contributed by atoms with Crippen LogP contribution in [0.3, 0.4) is 0 Å². The van der Waals surface area contributed by atoms with Gasteiger partial charge in [0, 0.05) is 24.0 Å². The van der Waals surface area contributed by atoms with Crippen LogP contribution in [-0.2, 0) is 17.8 Å². The van der Waals surface area contributed by atoms with Crippen LogP contribution in [0.5, 0.6) is 5.75 Å². The fourth-order valence-corrected chi connectivity index (χ4v) is 6.15. The van der Waals surface area contributed by atoms with E-state index in [0.29, 0.717) is 24.7 Å². The van der Waals surface area contributed by atoms with E-state index in [-0.39, 0.29) is 17.8 Å². The van der Waals surface area contributed by atoms with Crippen molar-refractivity contribution in [3.8, 4) is 5.75 Å². The lowest BCUT2D eigenvalue weighted by atomic mass is 9.70. The molecule has 5 rings (SSSR count). The van der Waals surface area contributed by atoms with Gasteiger partial charge in [-0.05, 0) is 91.0 Å². The summed E-state index contributed by atoms with van der Waals surface area (Å²) in [6.07, 6.45) is 6.14. The molecule has 216 valence electrons. The lowest BCUT2D eigenvalue weighted by Gasteiger charge is -2.42. The van der Waals surface area contributed by atoms with Crippen molar-refractivity contribution in [2.24, 2.45) is 11.8 Å². The molecule has 0 saturated heterocycles. The van der Waals surface area contributed by atoms with Gasteiger partial charge in [-0.2, -0.15) is 0 Å². The topological polar surface area (TPSA) is 59.0 Å². The number of ether oxygens (including phenoxy) is 2. The minimum atomic E-state index is -0.499. The lowest BCUT2D eigenvalue weighted by molar-refractivity contribution is 0.0465. The van der Waals surface area contributed by atoms with E-state index in [4.69, 9.17) is 21.1 Å². The first-order chi connectivity index (χ1) is 19.9. The highest BCUT2D eigenvalue weighted by molar-refractivity contribution is 6.30. The summed E-state index contributed by atoms with van der Waals surface area (Å²) in [7, 11) is 0. The number of rotatable bonds is 8. The van der Waals surface area contributed by atoms with Crippen LogP contribution < -0.4 is 9.64 Å². The Morgan fingerprint density at radius 3 is 2.71 bits per heavy atom. The number of esters is 1. The SMILES string of the molecule is C=C[C@H](O)[C@H]1CCC1CN1CCCCc2cc(Cl)ccc2COc2ccc(C(=O)OC[C@H](C)c3ccccc3)cc21. The molecule has 0 bridgehead atoms. The molecule has 6 heteroatoms. The van der Waals surface area contributed by atoms with Gasteiger partial charge in [0.25, 0.3) is 0 Å². The van der Waals surface area contributed by atoms with Gasteiger partial charge in [0.2, 0.25) is 0 Å². The number of carbonyl (C=O) groups excluding carboxylic acids is 1. The molecule has 4 atom stereocenters. The highest BCUT2D eigenvalue weighted by Crippen LogP contribution is 2.40. The first-order valence-electron chi connectivity index (χ1n) is 14.7. The van der Waals surface area contributed by atoms with Gasteiger partial charge in [0.15, 0.2) is 0 Å². The van der Waals surface area contributed by atoms with E-state index < -0.39 is 6.10 Å². The maximum absolute atomic E-state index is 13.2. The Balaban J connectivity index is 1.40. The number of hydrogen-bond donors (Lipinski definition) is 1. The first-order valence-corrected chi connectivity index (χ1v) is 15.1. The van der Waals surface area contributed by atoms with Gasteiger partial charge in [0.1, 0.15) is 12.4 Å². The van der Waals surface area contributed by atoms with Crippen LogP contribution in [0.1, 0.15) is 65.6 Å². The molecule has 1 unspecified atom stereocenters. The smallest absolute Gasteiger partial charge is 0.338 e. The van der Waals surface area contributed by atoms with Crippen LogP contribution in [0.25, 0.3) is 0 Å². The molecule has 3 aromatic carbocycles. The molecule has 41 heavy (non-hydrogen) atoms. The molecule has 1 fully saturated rings. The Labute approximate surface area is 248 Å². The van der Waals surface area contributed by atoms with Crippen molar-refractivity contribution < 1.29 is 19.4 Å². The van der Waals surface area contributed by atoms with Crippen LogP contribution in [0.15, 0.2) is 79.4 Å². The zero-order valence-corrected chi connectivity index (χ0v) is 24.6. The average molecular weight is 574 g/mol. The van der Waals surface area contributed by atoms with E-state index in [9.17, 15) is 9.90 Å². The molecule has 5 nitrogen and oxygen atoms in total. The van der Waals surface area contributed by atoms with Gasteiger partial charge in [-0.1, -0.05) is 61.0 Å². The van der Waals surface area contributed by atoms with Gasteiger partial charge in [-0.25, -0.2) is 4.79 Å². The molecule has 1 heterocycles. The van der Waals surface area contributed by atoms with Crippen molar-refractivity contribution in [2.75, 3.05) is 24.6 Å². The molecule has 1 aliphatic carbocycles. The number of aliphatic hydroxyl groups is 1. The van der Waals surface area contributed by atoms with Crippen molar-refractivity contribution in [3.05, 3.63) is 107 Å². The number of aryl methyl sites for hydroxylation is 1. The third-order valence-corrected chi connectivity index (χ3v) is 8.89. The summed E-state index contributed by atoms with van der Waals surface area (Å²) >= 11 is 6.32. The fourth-order valence-electron chi connectivity index (χ4n) is 5.96. The molecule has 1 aliphatic heterocycles. The van der Waals surface area contributed by atoms with Crippen molar-refractivity contribution in [1.82, 2.24) is 0 Å². The van der Waals surface area contributed by atoms with E-state index in [2.05, 4.69) is 30.5 Å². The highest BCUT2D eigenvalue weighted by atomic mass is 35.5. The summed E-state index contributed by atoms with van der Waals surface area (Å²) in [5, 5.41) is 11.2. The van der Waals surface area contributed by atoms with Gasteiger partial charge >= 0.3 is 5.97 Å². The Bertz CT molecular complexity index is 1340. The van der Waals surface area contributed by atoms with Gasteiger partial charge in [-0.3, -0.25) is 0 Å². The summed E-state index contributed by atoms with van der Waals surface area (Å²) in [5.74, 6) is 1.05. The summed E-state index contributed by atoms with van der Waals surface area (Å²) in [6.45, 7) is 8.20. The number of anilines is 1. The van der Waals surface area contributed by atoms with Crippen molar-refractivity contribution >= 4 is 23.3 Å². The number of nitrogens with zero attached hydrogens (tertiary/aromatic N) is 1. The van der Waals surface area contributed by atoms with Crippen LogP contribution in [-0.4, -0.2) is 36.9 Å². The van der Waals surface area contributed by atoms with Crippen molar-refractivity contribution in [2.45, 2.75) is 57.7 Å². The van der Waals surface area contributed by atoms with E-state index in [1.54, 1.807) is 12.1 Å². The van der Waals surface area contributed by atoms with Crippen LogP contribution in [0.2, 0.25) is 5.02 Å². The number of fused-ring (bicyclic) bond motifs is 2. The quantitative estimate of drug-likeness (QED) is 0.222. The van der Waals surface area contributed by atoms with Gasteiger partial charge in [0.05, 0.1) is 24.0 Å².